The van der Waals surface area contributed by atoms with Crippen LogP contribution in [0.5, 0.6) is 5.75 Å². The summed E-state index contributed by atoms with van der Waals surface area (Å²) in [4.78, 5) is 0. The van der Waals surface area contributed by atoms with Crippen molar-refractivity contribution in [2.75, 3.05) is 5.73 Å². The number of hydrogen-bond donors (Lipinski definition) is 2. The molecule has 1 heterocycles. The Morgan fingerprint density at radius 2 is 1.96 bits per heavy atom. The van der Waals surface area contributed by atoms with Gasteiger partial charge in [0.2, 0.25) is 0 Å². The molecule has 118 valence electrons. The van der Waals surface area contributed by atoms with Crippen molar-refractivity contribution in [1.82, 2.24) is 10.2 Å². The van der Waals surface area contributed by atoms with Crippen molar-refractivity contribution in [3.63, 3.8) is 0 Å². The molecule has 0 bridgehead atoms. The van der Waals surface area contributed by atoms with Gasteiger partial charge in [-0.05, 0) is 49.2 Å². The molecule has 2 aromatic carbocycles. The predicted molar refractivity (Wildman–Crippen MR) is 93.3 cm³/mol. The van der Waals surface area contributed by atoms with Gasteiger partial charge in [0.15, 0.2) is 0 Å². The Morgan fingerprint density at radius 1 is 1.13 bits per heavy atom. The second-order valence-corrected chi connectivity index (χ2v) is 5.67. The maximum absolute atomic E-state index is 6.11. The van der Waals surface area contributed by atoms with E-state index in [1.165, 1.54) is 5.56 Å². The van der Waals surface area contributed by atoms with E-state index in [-0.39, 0.29) is 6.10 Å². The smallest absolute Gasteiger partial charge is 0.140 e. The van der Waals surface area contributed by atoms with Crippen molar-refractivity contribution < 1.29 is 4.74 Å². The average Bonchev–Trinajstić information content (AvgIpc) is 3.02. The Bertz CT molecular complexity index is 795. The van der Waals surface area contributed by atoms with Gasteiger partial charge in [-0.1, -0.05) is 31.2 Å². The highest BCUT2D eigenvalue weighted by Crippen LogP contribution is 2.27. The standard InChI is InChI=1S/C19H21N3O/c1-3-19(23-16-9-4-6-13(2)10-16)18-12-17(21-22-18)14-7-5-8-15(20)11-14/h4-12,19H,3,20H2,1-2H3,(H,21,22). The van der Waals surface area contributed by atoms with E-state index in [0.717, 1.165) is 34.8 Å². The Hall–Kier alpha value is -2.75. The van der Waals surface area contributed by atoms with Crippen LogP contribution in [0.4, 0.5) is 5.69 Å². The molecule has 0 amide bonds. The lowest BCUT2D eigenvalue weighted by Gasteiger charge is -2.16. The highest BCUT2D eigenvalue weighted by molar-refractivity contribution is 5.64. The van der Waals surface area contributed by atoms with Crippen LogP contribution in [-0.4, -0.2) is 10.2 Å². The molecule has 0 saturated carbocycles. The average molecular weight is 307 g/mol. The second-order valence-electron chi connectivity index (χ2n) is 5.67. The van der Waals surface area contributed by atoms with E-state index in [1.807, 2.05) is 48.5 Å². The molecule has 0 aliphatic carbocycles. The topological polar surface area (TPSA) is 63.9 Å². The summed E-state index contributed by atoms with van der Waals surface area (Å²) >= 11 is 0. The van der Waals surface area contributed by atoms with Crippen molar-refractivity contribution in [1.29, 1.82) is 0 Å². The Balaban J connectivity index is 1.82. The number of nitrogens with two attached hydrogens (primary N) is 1. The first-order valence-corrected chi connectivity index (χ1v) is 7.80. The fourth-order valence-electron chi connectivity index (χ4n) is 2.57. The first kappa shape index (κ1) is 15.2. The summed E-state index contributed by atoms with van der Waals surface area (Å²) in [5, 5.41) is 7.49. The molecule has 0 saturated heterocycles. The van der Waals surface area contributed by atoms with Crippen molar-refractivity contribution in [3.8, 4) is 17.0 Å². The number of aryl methyl sites for hydroxylation is 1. The summed E-state index contributed by atoms with van der Waals surface area (Å²) in [7, 11) is 0. The maximum Gasteiger partial charge on any atom is 0.140 e. The van der Waals surface area contributed by atoms with Crippen LogP contribution in [0, 0.1) is 6.92 Å². The van der Waals surface area contributed by atoms with E-state index < -0.39 is 0 Å². The molecule has 0 fully saturated rings. The Morgan fingerprint density at radius 3 is 2.70 bits per heavy atom. The number of ether oxygens (including phenoxy) is 1. The largest absolute Gasteiger partial charge is 0.484 e. The lowest BCUT2D eigenvalue weighted by atomic mass is 10.1. The molecule has 3 N–H and O–H groups in total. The molecule has 23 heavy (non-hydrogen) atoms. The van der Waals surface area contributed by atoms with E-state index in [2.05, 4.69) is 30.1 Å². The van der Waals surface area contributed by atoms with Crippen LogP contribution in [0.25, 0.3) is 11.3 Å². The van der Waals surface area contributed by atoms with Gasteiger partial charge in [0, 0.05) is 11.3 Å². The lowest BCUT2D eigenvalue weighted by molar-refractivity contribution is 0.196. The summed E-state index contributed by atoms with van der Waals surface area (Å²) in [6, 6.07) is 17.8. The molecule has 4 heteroatoms. The number of nitrogen functional groups attached to an aromatic ring is 1. The van der Waals surface area contributed by atoms with Gasteiger partial charge in [0.05, 0.1) is 11.4 Å². The molecule has 1 aromatic heterocycles. The van der Waals surface area contributed by atoms with E-state index in [4.69, 9.17) is 10.5 Å². The highest BCUT2D eigenvalue weighted by atomic mass is 16.5. The first-order chi connectivity index (χ1) is 11.2. The van der Waals surface area contributed by atoms with E-state index in [0.29, 0.717) is 0 Å². The molecule has 3 rings (SSSR count). The molecular formula is C19H21N3O. The minimum atomic E-state index is -0.0564. The first-order valence-electron chi connectivity index (χ1n) is 7.80. The highest BCUT2D eigenvalue weighted by Gasteiger charge is 2.15. The molecule has 4 nitrogen and oxygen atoms in total. The number of aromatic amines is 1. The van der Waals surface area contributed by atoms with Crippen LogP contribution in [0.3, 0.4) is 0 Å². The summed E-state index contributed by atoms with van der Waals surface area (Å²) < 4.78 is 6.11. The predicted octanol–water partition coefficient (Wildman–Crippen LogP) is 4.50. The zero-order chi connectivity index (χ0) is 16.2. The number of benzene rings is 2. The van der Waals surface area contributed by atoms with Crippen molar-refractivity contribution in [2.45, 2.75) is 26.4 Å². The molecule has 0 radical (unpaired) electrons. The SMILES string of the molecule is CCC(Oc1cccc(C)c1)c1cc(-c2cccc(N)c2)n[nH]1. The van der Waals surface area contributed by atoms with E-state index >= 15 is 0 Å². The van der Waals surface area contributed by atoms with Crippen LogP contribution >= 0.6 is 0 Å². The lowest BCUT2D eigenvalue weighted by Crippen LogP contribution is -2.07. The van der Waals surface area contributed by atoms with Gasteiger partial charge >= 0.3 is 0 Å². The molecular weight excluding hydrogens is 286 g/mol. The third kappa shape index (κ3) is 3.54. The number of hydrogen-bond acceptors (Lipinski definition) is 3. The quantitative estimate of drug-likeness (QED) is 0.682. The van der Waals surface area contributed by atoms with Gasteiger partial charge in [-0.15, -0.1) is 0 Å². The second kappa shape index (κ2) is 6.57. The van der Waals surface area contributed by atoms with Gasteiger partial charge in [-0.25, -0.2) is 0 Å². The van der Waals surface area contributed by atoms with Crippen LogP contribution < -0.4 is 10.5 Å². The molecule has 0 spiro atoms. The summed E-state index contributed by atoms with van der Waals surface area (Å²) in [5.74, 6) is 0.872. The summed E-state index contributed by atoms with van der Waals surface area (Å²) in [6.45, 7) is 4.16. The van der Waals surface area contributed by atoms with E-state index in [9.17, 15) is 0 Å². The maximum atomic E-state index is 6.11. The zero-order valence-electron chi connectivity index (χ0n) is 13.4. The molecule has 0 aliphatic rings. The Kier molecular flexibility index (Phi) is 4.33. The summed E-state index contributed by atoms with van der Waals surface area (Å²) in [6.07, 6.45) is 0.797. The molecule has 3 aromatic rings. The van der Waals surface area contributed by atoms with Gasteiger partial charge < -0.3 is 10.5 Å². The van der Waals surface area contributed by atoms with Crippen LogP contribution in [0.1, 0.15) is 30.7 Å². The van der Waals surface area contributed by atoms with Crippen LogP contribution in [-0.2, 0) is 0 Å². The number of rotatable bonds is 5. The zero-order valence-corrected chi connectivity index (χ0v) is 13.4. The fraction of sp³-hybridized carbons (Fsp3) is 0.211. The molecule has 1 atom stereocenters. The van der Waals surface area contributed by atoms with Crippen LogP contribution in [0.2, 0.25) is 0 Å². The third-order valence-electron chi connectivity index (χ3n) is 3.77. The summed E-state index contributed by atoms with van der Waals surface area (Å²) in [5.41, 5.74) is 10.6. The van der Waals surface area contributed by atoms with Crippen molar-refractivity contribution in [2.24, 2.45) is 0 Å². The number of anilines is 1. The minimum Gasteiger partial charge on any atom is -0.484 e. The monoisotopic (exact) mass is 307 g/mol. The third-order valence-corrected chi connectivity index (χ3v) is 3.77. The normalized spacial score (nSPS) is 12.1. The Labute approximate surface area is 136 Å². The number of aromatic nitrogens is 2. The van der Waals surface area contributed by atoms with Gasteiger partial charge in [-0.2, -0.15) is 5.10 Å². The number of nitrogens with zero attached hydrogens (tertiary/aromatic N) is 1. The van der Waals surface area contributed by atoms with Gasteiger partial charge in [0.1, 0.15) is 11.9 Å². The minimum absolute atomic E-state index is 0.0564. The molecule has 1 unspecified atom stereocenters. The van der Waals surface area contributed by atoms with Gasteiger partial charge in [-0.3, -0.25) is 5.10 Å². The number of H-pyrrole nitrogens is 1. The van der Waals surface area contributed by atoms with Gasteiger partial charge in [0.25, 0.3) is 0 Å². The fourth-order valence-corrected chi connectivity index (χ4v) is 2.57. The number of nitrogens with one attached hydrogen (secondary N) is 1. The van der Waals surface area contributed by atoms with E-state index in [1.54, 1.807) is 0 Å². The van der Waals surface area contributed by atoms with Crippen molar-refractivity contribution >= 4 is 5.69 Å². The molecule has 0 aliphatic heterocycles. The van der Waals surface area contributed by atoms with Crippen LogP contribution in [0.15, 0.2) is 54.6 Å². The van der Waals surface area contributed by atoms with Crippen molar-refractivity contribution in [3.05, 3.63) is 65.9 Å².